The maximum atomic E-state index is 8.66. The van der Waals surface area contributed by atoms with E-state index in [0.717, 1.165) is 18.7 Å². The van der Waals surface area contributed by atoms with E-state index in [1.807, 2.05) is 12.1 Å². The summed E-state index contributed by atoms with van der Waals surface area (Å²) < 4.78 is 5.24. The molecule has 104 valence electrons. The Hall–Kier alpha value is -1.53. The van der Waals surface area contributed by atoms with Gasteiger partial charge in [-0.05, 0) is 36.5 Å². The highest BCUT2D eigenvalue weighted by Crippen LogP contribution is 2.23. The van der Waals surface area contributed by atoms with Gasteiger partial charge in [-0.3, -0.25) is 0 Å². The molecule has 1 rings (SSSR count). The van der Waals surface area contributed by atoms with Crippen molar-refractivity contribution in [2.45, 2.75) is 39.7 Å². The van der Waals surface area contributed by atoms with Gasteiger partial charge in [0.1, 0.15) is 5.75 Å². The first-order valence-electron chi connectivity index (χ1n) is 6.73. The van der Waals surface area contributed by atoms with Crippen molar-refractivity contribution in [3.63, 3.8) is 0 Å². The molecule has 0 aliphatic heterocycles. The Balaban J connectivity index is 2.55. The smallest absolute Gasteiger partial charge is 0.119 e. The second-order valence-corrected chi connectivity index (χ2v) is 5.70. The Morgan fingerprint density at radius 2 is 2.16 bits per heavy atom. The summed E-state index contributed by atoms with van der Waals surface area (Å²) in [5, 5.41) is 12.2. The van der Waals surface area contributed by atoms with Gasteiger partial charge in [-0.1, -0.05) is 26.0 Å². The first-order valence-corrected chi connectivity index (χ1v) is 6.73. The lowest BCUT2D eigenvalue weighted by Gasteiger charge is -2.26. The molecular formula is C16H24N2O. The molecule has 0 saturated carbocycles. The lowest BCUT2D eigenvalue weighted by atomic mass is 9.87. The fourth-order valence-electron chi connectivity index (χ4n) is 1.94. The standard InChI is InChI=1S/C16H24N2O/c1-13(14-7-5-8-15(11-14)19-4)18-12-16(2,3)9-6-10-17/h5,7-8,11,13,18H,6,9,12H2,1-4H3. The lowest BCUT2D eigenvalue weighted by Crippen LogP contribution is -2.31. The van der Waals surface area contributed by atoms with Gasteiger partial charge < -0.3 is 10.1 Å². The highest BCUT2D eigenvalue weighted by atomic mass is 16.5. The van der Waals surface area contributed by atoms with Crippen molar-refractivity contribution in [1.82, 2.24) is 5.32 Å². The van der Waals surface area contributed by atoms with Crippen LogP contribution in [0.4, 0.5) is 0 Å². The van der Waals surface area contributed by atoms with Gasteiger partial charge in [0.05, 0.1) is 13.2 Å². The number of methoxy groups -OCH3 is 1. The van der Waals surface area contributed by atoms with Crippen LogP contribution in [0.5, 0.6) is 5.75 Å². The SMILES string of the molecule is COc1cccc(C(C)NCC(C)(C)CCC#N)c1. The first-order chi connectivity index (χ1) is 8.98. The maximum Gasteiger partial charge on any atom is 0.119 e. The molecule has 0 aliphatic carbocycles. The van der Waals surface area contributed by atoms with Gasteiger partial charge in [0.2, 0.25) is 0 Å². The van der Waals surface area contributed by atoms with Crippen molar-refractivity contribution >= 4 is 0 Å². The van der Waals surface area contributed by atoms with Crippen LogP contribution in [0.15, 0.2) is 24.3 Å². The molecule has 0 saturated heterocycles. The summed E-state index contributed by atoms with van der Waals surface area (Å²) in [4.78, 5) is 0. The van der Waals surface area contributed by atoms with E-state index < -0.39 is 0 Å². The minimum Gasteiger partial charge on any atom is -0.497 e. The molecule has 0 aromatic heterocycles. The van der Waals surface area contributed by atoms with E-state index in [4.69, 9.17) is 10.00 Å². The number of rotatable bonds is 7. The first kappa shape index (κ1) is 15.5. The molecule has 0 amide bonds. The van der Waals surface area contributed by atoms with Crippen molar-refractivity contribution in [3.05, 3.63) is 29.8 Å². The van der Waals surface area contributed by atoms with Gasteiger partial charge in [0.15, 0.2) is 0 Å². The van der Waals surface area contributed by atoms with Gasteiger partial charge in [0, 0.05) is 19.0 Å². The van der Waals surface area contributed by atoms with Crippen LogP contribution < -0.4 is 10.1 Å². The van der Waals surface area contributed by atoms with E-state index in [1.54, 1.807) is 7.11 Å². The molecule has 19 heavy (non-hydrogen) atoms. The molecule has 0 aliphatic rings. The molecule has 1 unspecified atom stereocenters. The Bertz CT molecular complexity index is 435. The number of nitriles is 1. The van der Waals surface area contributed by atoms with Crippen LogP contribution in [-0.2, 0) is 0 Å². The van der Waals surface area contributed by atoms with E-state index >= 15 is 0 Å². The van der Waals surface area contributed by atoms with Crippen molar-refractivity contribution in [1.29, 1.82) is 5.26 Å². The predicted octanol–water partition coefficient (Wildman–Crippen LogP) is 3.68. The second kappa shape index (κ2) is 7.16. The van der Waals surface area contributed by atoms with Crippen molar-refractivity contribution in [2.24, 2.45) is 5.41 Å². The summed E-state index contributed by atoms with van der Waals surface area (Å²) in [6.45, 7) is 7.42. The molecule has 0 radical (unpaired) electrons. The van der Waals surface area contributed by atoms with Gasteiger partial charge in [-0.2, -0.15) is 5.26 Å². The molecule has 3 nitrogen and oxygen atoms in total. The number of nitrogens with one attached hydrogen (secondary N) is 1. The topological polar surface area (TPSA) is 45.0 Å². The molecule has 1 aromatic carbocycles. The third-order valence-corrected chi connectivity index (χ3v) is 3.39. The van der Waals surface area contributed by atoms with Gasteiger partial charge >= 0.3 is 0 Å². The third-order valence-electron chi connectivity index (χ3n) is 3.39. The van der Waals surface area contributed by atoms with Gasteiger partial charge in [-0.25, -0.2) is 0 Å². The summed E-state index contributed by atoms with van der Waals surface area (Å²) >= 11 is 0. The summed E-state index contributed by atoms with van der Waals surface area (Å²) in [5.41, 5.74) is 1.36. The highest BCUT2D eigenvalue weighted by molar-refractivity contribution is 5.30. The lowest BCUT2D eigenvalue weighted by molar-refractivity contribution is 0.304. The van der Waals surface area contributed by atoms with Crippen molar-refractivity contribution in [3.8, 4) is 11.8 Å². The number of benzene rings is 1. The minimum atomic E-state index is 0.142. The van der Waals surface area contributed by atoms with Crippen LogP contribution in [-0.4, -0.2) is 13.7 Å². The summed E-state index contributed by atoms with van der Waals surface area (Å²) in [6, 6.07) is 10.6. The summed E-state index contributed by atoms with van der Waals surface area (Å²) in [6.07, 6.45) is 1.53. The normalized spacial score (nSPS) is 12.8. The zero-order valence-corrected chi connectivity index (χ0v) is 12.4. The number of nitrogens with zero attached hydrogens (tertiary/aromatic N) is 1. The van der Waals surface area contributed by atoms with Gasteiger partial charge in [-0.15, -0.1) is 0 Å². The molecule has 0 bridgehead atoms. The Morgan fingerprint density at radius 1 is 1.42 bits per heavy atom. The monoisotopic (exact) mass is 260 g/mol. The quantitative estimate of drug-likeness (QED) is 0.813. The fourth-order valence-corrected chi connectivity index (χ4v) is 1.94. The Morgan fingerprint density at radius 3 is 2.79 bits per heavy atom. The zero-order chi connectivity index (χ0) is 14.3. The third kappa shape index (κ3) is 5.32. The van der Waals surface area contributed by atoms with E-state index in [2.05, 4.69) is 44.3 Å². The van der Waals surface area contributed by atoms with Gasteiger partial charge in [0.25, 0.3) is 0 Å². The number of ether oxygens (including phenoxy) is 1. The van der Waals surface area contributed by atoms with Crippen LogP contribution in [0.1, 0.15) is 45.2 Å². The van der Waals surface area contributed by atoms with Crippen LogP contribution in [0.25, 0.3) is 0 Å². The fraction of sp³-hybridized carbons (Fsp3) is 0.562. The highest BCUT2D eigenvalue weighted by Gasteiger charge is 2.18. The summed E-state index contributed by atoms with van der Waals surface area (Å²) in [7, 11) is 1.68. The van der Waals surface area contributed by atoms with E-state index in [-0.39, 0.29) is 11.5 Å². The maximum absolute atomic E-state index is 8.66. The van der Waals surface area contributed by atoms with E-state index in [1.165, 1.54) is 5.56 Å². The minimum absolute atomic E-state index is 0.142. The molecule has 1 atom stereocenters. The number of hydrogen-bond acceptors (Lipinski definition) is 3. The van der Waals surface area contributed by atoms with Crippen LogP contribution >= 0.6 is 0 Å². The molecule has 3 heteroatoms. The van der Waals surface area contributed by atoms with E-state index in [9.17, 15) is 0 Å². The molecule has 1 aromatic rings. The average Bonchev–Trinajstić information content (AvgIpc) is 2.43. The van der Waals surface area contributed by atoms with Crippen LogP contribution in [0, 0.1) is 16.7 Å². The second-order valence-electron chi connectivity index (χ2n) is 5.70. The van der Waals surface area contributed by atoms with Crippen LogP contribution in [0.2, 0.25) is 0 Å². The molecular weight excluding hydrogens is 236 g/mol. The van der Waals surface area contributed by atoms with Crippen LogP contribution in [0.3, 0.4) is 0 Å². The van der Waals surface area contributed by atoms with Crippen molar-refractivity contribution < 1.29 is 4.74 Å². The molecule has 0 heterocycles. The average molecular weight is 260 g/mol. The van der Waals surface area contributed by atoms with Crippen molar-refractivity contribution in [2.75, 3.05) is 13.7 Å². The number of hydrogen-bond donors (Lipinski definition) is 1. The molecule has 0 fully saturated rings. The largest absolute Gasteiger partial charge is 0.497 e. The predicted molar refractivity (Wildman–Crippen MR) is 78.0 cm³/mol. The molecule has 1 N–H and O–H groups in total. The summed E-state index contributed by atoms with van der Waals surface area (Å²) in [5.74, 6) is 0.884. The Labute approximate surface area is 116 Å². The zero-order valence-electron chi connectivity index (χ0n) is 12.4. The van der Waals surface area contributed by atoms with E-state index in [0.29, 0.717) is 6.42 Å². The Kier molecular flexibility index (Phi) is 5.85. The molecule has 0 spiro atoms.